The number of ketones is 2. The summed E-state index contributed by atoms with van der Waals surface area (Å²) in [7, 11) is 6.02. The van der Waals surface area contributed by atoms with Crippen LogP contribution in [0.25, 0.3) is 10.8 Å². The van der Waals surface area contributed by atoms with E-state index in [0.29, 0.717) is 22.1 Å². The Balaban J connectivity index is 1.98. The molecule has 1 aliphatic rings. The second-order valence-electron chi connectivity index (χ2n) is 10.0. The van der Waals surface area contributed by atoms with Crippen LogP contribution in [0, 0.1) is 10.4 Å². The van der Waals surface area contributed by atoms with Crippen molar-refractivity contribution in [3.63, 3.8) is 0 Å². The number of hydrogen-bond donors (Lipinski definition) is 4. The van der Waals surface area contributed by atoms with Gasteiger partial charge in [0.2, 0.25) is 11.6 Å². The van der Waals surface area contributed by atoms with Gasteiger partial charge in [-0.15, -0.1) is 0 Å². The SMILES string of the molecule is C[N+](C)([O-])CCNc1c2c(c(NCC[N+](C)(C)[O-])c3ccccc13)C(=O)c1c(O)ccc(O)c1C2=O. The average molecular weight is 495 g/mol. The summed E-state index contributed by atoms with van der Waals surface area (Å²) in [6.07, 6.45) is 0. The highest BCUT2D eigenvalue weighted by molar-refractivity contribution is 6.36. The number of phenols is 2. The Bertz CT molecular complexity index is 1270. The highest BCUT2D eigenvalue weighted by Crippen LogP contribution is 2.46. The van der Waals surface area contributed by atoms with Crippen LogP contribution in [-0.2, 0) is 0 Å². The van der Waals surface area contributed by atoms with Crippen LogP contribution in [0.4, 0.5) is 11.4 Å². The summed E-state index contributed by atoms with van der Waals surface area (Å²) in [5.41, 5.74) is 0.282. The molecule has 4 N–H and O–H groups in total. The van der Waals surface area contributed by atoms with Gasteiger partial charge in [-0.1, -0.05) is 24.3 Å². The molecule has 0 heterocycles. The van der Waals surface area contributed by atoms with Crippen molar-refractivity contribution in [3.8, 4) is 11.5 Å². The molecule has 0 saturated heterocycles. The molecule has 0 saturated carbocycles. The van der Waals surface area contributed by atoms with Gasteiger partial charge in [-0.3, -0.25) is 9.59 Å². The topological polar surface area (TPSA) is 145 Å². The smallest absolute Gasteiger partial charge is 0.200 e. The molecular weight excluding hydrogens is 464 g/mol. The lowest BCUT2D eigenvalue weighted by molar-refractivity contribution is -0.838. The number of carbonyl (C=O) groups excluding carboxylic acids is 2. The quantitative estimate of drug-likeness (QED) is 0.127. The van der Waals surface area contributed by atoms with Crippen molar-refractivity contribution in [2.45, 2.75) is 0 Å². The maximum atomic E-state index is 13.8. The summed E-state index contributed by atoms with van der Waals surface area (Å²) in [5, 5.41) is 52.9. The fraction of sp³-hybridized carbons (Fsp3) is 0.308. The molecule has 0 amide bonds. The lowest BCUT2D eigenvalue weighted by Crippen LogP contribution is -2.37. The van der Waals surface area contributed by atoms with Gasteiger partial charge in [0.05, 0.1) is 88.0 Å². The molecule has 190 valence electrons. The number of hydroxylamine groups is 6. The molecule has 10 heteroatoms. The molecule has 36 heavy (non-hydrogen) atoms. The minimum Gasteiger partial charge on any atom is -0.633 e. The monoisotopic (exact) mass is 494 g/mol. The van der Waals surface area contributed by atoms with Gasteiger partial charge in [0.15, 0.2) is 0 Å². The van der Waals surface area contributed by atoms with Crippen molar-refractivity contribution in [1.82, 2.24) is 0 Å². The molecule has 3 aromatic rings. The second-order valence-corrected chi connectivity index (χ2v) is 10.0. The van der Waals surface area contributed by atoms with Gasteiger partial charge in [-0.2, -0.15) is 0 Å². The van der Waals surface area contributed by atoms with E-state index in [9.17, 15) is 30.2 Å². The van der Waals surface area contributed by atoms with E-state index in [1.54, 1.807) is 24.3 Å². The Kier molecular flexibility index (Phi) is 6.40. The second kappa shape index (κ2) is 9.07. The van der Waals surface area contributed by atoms with E-state index in [2.05, 4.69) is 10.6 Å². The molecule has 3 aromatic carbocycles. The van der Waals surface area contributed by atoms with E-state index in [-0.39, 0.29) is 48.4 Å². The first kappa shape index (κ1) is 25.4. The van der Waals surface area contributed by atoms with Crippen molar-refractivity contribution >= 4 is 33.7 Å². The Hall–Kier alpha value is -3.70. The van der Waals surface area contributed by atoms with Crippen LogP contribution in [0.15, 0.2) is 36.4 Å². The van der Waals surface area contributed by atoms with Gasteiger partial charge in [0.25, 0.3) is 0 Å². The fourth-order valence-electron chi connectivity index (χ4n) is 4.45. The highest BCUT2D eigenvalue weighted by Gasteiger charge is 2.39. The molecule has 0 aromatic heterocycles. The van der Waals surface area contributed by atoms with Crippen molar-refractivity contribution in [1.29, 1.82) is 0 Å². The van der Waals surface area contributed by atoms with Crippen molar-refractivity contribution < 1.29 is 29.1 Å². The van der Waals surface area contributed by atoms with Crippen molar-refractivity contribution in [3.05, 3.63) is 69.1 Å². The third kappa shape index (κ3) is 4.71. The first-order valence-corrected chi connectivity index (χ1v) is 11.6. The minimum absolute atomic E-state index is 0.0432. The van der Waals surface area contributed by atoms with E-state index in [1.807, 2.05) is 0 Å². The number of anilines is 2. The summed E-state index contributed by atoms with van der Waals surface area (Å²) in [5.74, 6) is -2.08. The zero-order valence-electron chi connectivity index (χ0n) is 20.7. The molecule has 1 aliphatic carbocycles. The van der Waals surface area contributed by atoms with Crippen LogP contribution in [0.2, 0.25) is 0 Å². The fourth-order valence-corrected chi connectivity index (χ4v) is 4.45. The number of benzene rings is 3. The largest absolute Gasteiger partial charge is 0.633 e. The maximum absolute atomic E-state index is 13.8. The number of likely N-dealkylation sites (N-methyl/N-ethyl adjacent to an activating group) is 2. The summed E-state index contributed by atoms with van der Waals surface area (Å²) in [6.45, 7) is 0.846. The van der Waals surface area contributed by atoms with Gasteiger partial charge in [0, 0.05) is 10.8 Å². The minimum atomic E-state index is -0.625. The number of fused-ring (bicyclic) bond motifs is 3. The van der Waals surface area contributed by atoms with E-state index < -0.39 is 32.4 Å². The van der Waals surface area contributed by atoms with Crippen LogP contribution in [0.1, 0.15) is 31.8 Å². The van der Waals surface area contributed by atoms with Crippen LogP contribution in [-0.4, -0.2) is 85.4 Å². The number of aromatic hydroxyl groups is 2. The van der Waals surface area contributed by atoms with Crippen molar-refractivity contribution in [2.75, 3.05) is 65.0 Å². The van der Waals surface area contributed by atoms with Crippen LogP contribution in [0.3, 0.4) is 0 Å². The van der Waals surface area contributed by atoms with E-state index in [1.165, 1.54) is 40.3 Å². The number of quaternary nitrogens is 2. The summed E-state index contributed by atoms with van der Waals surface area (Å²) < 4.78 is -1.11. The Labute approximate surface area is 208 Å². The lowest BCUT2D eigenvalue weighted by atomic mass is 9.79. The van der Waals surface area contributed by atoms with Crippen LogP contribution >= 0.6 is 0 Å². The summed E-state index contributed by atoms with van der Waals surface area (Å²) >= 11 is 0. The Morgan fingerprint density at radius 3 is 1.36 bits per heavy atom. The standard InChI is InChI=1S/C26H30N4O6/c1-29(2,35)13-11-27-23-15-7-5-6-8-16(15)24(28-12-14-30(3,4)36)22-21(23)25(33)19-17(31)9-10-18(32)20(19)26(22)34/h5-10,27-28,31-32H,11-14H2,1-4H3. The van der Waals surface area contributed by atoms with Crippen LogP contribution in [0.5, 0.6) is 11.5 Å². The van der Waals surface area contributed by atoms with E-state index in [4.69, 9.17) is 0 Å². The lowest BCUT2D eigenvalue weighted by Gasteiger charge is -2.35. The molecule has 0 fully saturated rings. The number of nitrogens with zero attached hydrogens (tertiary/aromatic N) is 2. The molecule has 0 radical (unpaired) electrons. The molecule has 4 rings (SSSR count). The van der Waals surface area contributed by atoms with Gasteiger partial charge >= 0.3 is 0 Å². The van der Waals surface area contributed by atoms with E-state index in [0.717, 1.165) is 0 Å². The van der Waals surface area contributed by atoms with Gasteiger partial charge < -0.3 is 40.6 Å². The zero-order valence-corrected chi connectivity index (χ0v) is 20.7. The van der Waals surface area contributed by atoms with E-state index >= 15 is 0 Å². The molecule has 0 atom stereocenters. The molecule has 0 aliphatic heterocycles. The zero-order chi connectivity index (χ0) is 26.4. The predicted octanol–water partition coefficient (Wildman–Crippen LogP) is 3.00. The normalized spacial score (nSPS) is 13.5. The maximum Gasteiger partial charge on any atom is 0.200 e. The number of rotatable bonds is 8. The first-order valence-electron chi connectivity index (χ1n) is 11.6. The van der Waals surface area contributed by atoms with Gasteiger partial charge in [-0.25, -0.2) is 0 Å². The third-order valence-electron chi connectivity index (χ3n) is 6.19. The number of nitrogens with one attached hydrogen (secondary N) is 2. The summed E-state index contributed by atoms with van der Waals surface area (Å²) in [6, 6.07) is 9.52. The third-order valence-corrected chi connectivity index (χ3v) is 6.19. The predicted molar refractivity (Wildman–Crippen MR) is 138 cm³/mol. The number of carbonyl (C=O) groups is 2. The van der Waals surface area contributed by atoms with Crippen molar-refractivity contribution in [2.24, 2.45) is 0 Å². The van der Waals surface area contributed by atoms with Gasteiger partial charge in [-0.05, 0) is 12.1 Å². The Morgan fingerprint density at radius 2 is 1.03 bits per heavy atom. The molecule has 0 spiro atoms. The van der Waals surface area contributed by atoms with Gasteiger partial charge in [0.1, 0.15) is 11.5 Å². The highest BCUT2D eigenvalue weighted by atomic mass is 16.5. The van der Waals surface area contributed by atoms with Crippen LogP contribution < -0.4 is 10.6 Å². The first-order chi connectivity index (χ1) is 16.8. The molecule has 0 unspecified atom stereocenters. The number of phenolic OH excluding ortho intramolecular Hbond substituents is 2. The molecule has 10 nitrogen and oxygen atoms in total. The average Bonchev–Trinajstić information content (AvgIpc) is 2.78. The summed E-state index contributed by atoms with van der Waals surface area (Å²) in [4.78, 5) is 27.7. The Morgan fingerprint density at radius 1 is 0.667 bits per heavy atom. The molecule has 0 bridgehead atoms. The number of hydrogen-bond acceptors (Lipinski definition) is 8. The molecular formula is C26H30N4O6.